The van der Waals surface area contributed by atoms with Crippen LogP contribution < -0.4 is 29.7 Å². The molecule has 30 heavy (non-hydrogen) atoms. The molecule has 0 radical (unpaired) electrons. The summed E-state index contributed by atoms with van der Waals surface area (Å²) in [5.41, 5.74) is 3.46. The molecule has 0 saturated heterocycles. The number of carbonyl (C=O) groups is 2. The molecule has 2 amide bonds. The monoisotopic (exact) mass is 413 g/mol. The number of benzene rings is 2. The molecule has 0 saturated carbocycles. The van der Waals surface area contributed by atoms with E-state index in [0.717, 1.165) is 12.0 Å². The molecule has 3 rings (SSSR count). The molecule has 9 nitrogen and oxygen atoms in total. The molecule has 0 aliphatic carbocycles. The van der Waals surface area contributed by atoms with Crippen LogP contribution in [0.25, 0.3) is 0 Å². The molecule has 2 N–H and O–H groups in total. The Morgan fingerprint density at radius 1 is 1.13 bits per heavy atom. The van der Waals surface area contributed by atoms with E-state index in [2.05, 4.69) is 15.8 Å². The van der Waals surface area contributed by atoms with E-state index in [0.29, 0.717) is 35.2 Å². The normalized spacial score (nSPS) is 11.9. The Kier molecular flexibility index (Phi) is 7.09. The average molecular weight is 413 g/mol. The first-order valence-corrected chi connectivity index (χ1v) is 9.41. The first-order chi connectivity index (χ1) is 14.6. The number of hydrogen-bond donors (Lipinski definition) is 2. The molecular formula is C21H23N3O6. The maximum Gasteiger partial charge on any atom is 0.259 e. The van der Waals surface area contributed by atoms with Crippen LogP contribution in [0.5, 0.6) is 23.0 Å². The third kappa shape index (κ3) is 5.40. The fraction of sp³-hybridized carbons (Fsp3) is 0.286. The van der Waals surface area contributed by atoms with Gasteiger partial charge < -0.3 is 24.3 Å². The molecule has 0 fully saturated rings. The van der Waals surface area contributed by atoms with Gasteiger partial charge in [-0.05, 0) is 48.4 Å². The summed E-state index contributed by atoms with van der Waals surface area (Å²) in [6.45, 7) is 2.52. The minimum atomic E-state index is -0.463. The van der Waals surface area contributed by atoms with Crippen molar-refractivity contribution >= 4 is 18.0 Å². The van der Waals surface area contributed by atoms with Gasteiger partial charge in [0.05, 0.1) is 26.5 Å². The Hall–Kier alpha value is -3.75. The average Bonchev–Trinajstić information content (AvgIpc) is 3.24. The molecule has 9 heteroatoms. The number of ether oxygens (including phenoxy) is 4. The van der Waals surface area contributed by atoms with Gasteiger partial charge in [0.1, 0.15) is 0 Å². The van der Waals surface area contributed by atoms with E-state index in [-0.39, 0.29) is 13.3 Å². The predicted molar refractivity (Wildman–Crippen MR) is 109 cm³/mol. The topological polar surface area (TPSA) is 107 Å². The fourth-order valence-electron chi connectivity index (χ4n) is 2.61. The minimum Gasteiger partial charge on any atom is -0.493 e. The zero-order valence-electron chi connectivity index (χ0n) is 16.8. The molecule has 1 aliphatic heterocycles. The quantitative estimate of drug-likeness (QED) is 0.482. The van der Waals surface area contributed by atoms with Crippen molar-refractivity contribution in [3.63, 3.8) is 0 Å². The molecule has 1 heterocycles. The molecular weight excluding hydrogens is 390 g/mol. The first kappa shape index (κ1) is 21.0. The number of nitrogens with zero attached hydrogens (tertiary/aromatic N) is 1. The second kappa shape index (κ2) is 10.1. The number of carbonyl (C=O) groups excluding carboxylic acids is 2. The summed E-state index contributed by atoms with van der Waals surface area (Å²) in [4.78, 5) is 24.1. The van der Waals surface area contributed by atoms with Crippen molar-refractivity contribution in [3.05, 3.63) is 47.5 Å². The van der Waals surface area contributed by atoms with Crippen molar-refractivity contribution in [2.75, 3.05) is 27.1 Å². The van der Waals surface area contributed by atoms with Crippen molar-refractivity contribution < 1.29 is 28.5 Å². The van der Waals surface area contributed by atoms with Crippen LogP contribution in [0.15, 0.2) is 41.5 Å². The summed E-state index contributed by atoms with van der Waals surface area (Å²) in [7, 11) is 1.56. The van der Waals surface area contributed by atoms with E-state index in [9.17, 15) is 9.59 Å². The number of fused-ring (bicyclic) bond motifs is 1. The summed E-state index contributed by atoms with van der Waals surface area (Å²) in [5.74, 6) is 1.44. The van der Waals surface area contributed by atoms with E-state index in [4.69, 9.17) is 18.9 Å². The molecule has 0 bridgehead atoms. The lowest BCUT2D eigenvalue weighted by Crippen LogP contribution is -2.34. The molecule has 0 aromatic heterocycles. The van der Waals surface area contributed by atoms with Crippen LogP contribution in [0.2, 0.25) is 0 Å². The zero-order chi connectivity index (χ0) is 21.3. The number of amides is 2. The Balaban J connectivity index is 1.48. The predicted octanol–water partition coefficient (Wildman–Crippen LogP) is 2.09. The lowest BCUT2D eigenvalue weighted by molar-refractivity contribution is -0.120. The lowest BCUT2D eigenvalue weighted by atomic mass is 10.2. The van der Waals surface area contributed by atoms with Crippen LogP contribution in [0.1, 0.15) is 29.3 Å². The molecule has 0 spiro atoms. The van der Waals surface area contributed by atoms with Crippen LogP contribution in [0.4, 0.5) is 0 Å². The highest BCUT2D eigenvalue weighted by atomic mass is 16.7. The van der Waals surface area contributed by atoms with Gasteiger partial charge in [0.15, 0.2) is 23.0 Å². The maximum absolute atomic E-state index is 12.2. The highest BCUT2D eigenvalue weighted by Crippen LogP contribution is 2.32. The van der Waals surface area contributed by atoms with Gasteiger partial charge in [-0.2, -0.15) is 5.10 Å². The summed E-state index contributed by atoms with van der Waals surface area (Å²) in [5, 5.41) is 6.42. The van der Waals surface area contributed by atoms with Gasteiger partial charge in [-0.15, -0.1) is 0 Å². The Labute approximate surface area is 174 Å². The molecule has 158 valence electrons. The van der Waals surface area contributed by atoms with Crippen LogP contribution in [0.3, 0.4) is 0 Å². The minimum absolute atomic E-state index is 0.126. The number of rotatable bonds is 9. The Bertz CT molecular complexity index is 944. The summed E-state index contributed by atoms with van der Waals surface area (Å²) in [6, 6.07) is 10.1. The van der Waals surface area contributed by atoms with Gasteiger partial charge in [0.25, 0.3) is 11.8 Å². The van der Waals surface area contributed by atoms with E-state index < -0.39 is 11.8 Å². The lowest BCUT2D eigenvalue weighted by Gasteiger charge is -2.10. The fourth-order valence-corrected chi connectivity index (χ4v) is 2.61. The first-order valence-electron chi connectivity index (χ1n) is 9.41. The van der Waals surface area contributed by atoms with Crippen LogP contribution in [-0.2, 0) is 4.79 Å². The van der Waals surface area contributed by atoms with Crippen LogP contribution >= 0.6 is 0 Å². The number of nitrogens with one attached hydrogen (secondary N) is 2. The zero-order valence-corrected chi connectivity index (χ0v) is 16.8. The van der Waals surface area contributed by atoms with Crippen molar-refractivity contribution in [1.29, 1.82) is 0 Å². The molecule has 0 atom stereocenters. The summed E-state index contributed by atoms with van der Waals surface area (Å²) >= 11 is 0. The van der Waals surface area contributed by atoms with Crippen LogP contribution in [0, 0.1) is 0 Å². The molecule has 1 aliphatic rings. The molecule has 2 aromatic rings. The highest BCUT2D eigenvalue weighted by molar-refractivity contribution is 5.97. The van der Waals surface area contributed by atoms with Gasteiger partial charge in [-0.25, -0.2) is 5.43 Å². The highest BCUT2D eigenvalue weighted by Gasteiger charge is 2.16. The smallest absolute Gasteiger partial charge is 0.259 e. The van der Waals surface area contributed by atoms with Crippen molar-refractivity contribution in [2.24, 2.45) is 5.10 Å². The second-order valence-corrected chi connectivity index (χ2v) is 6.30. The van der Waals surface area contributed by atoms with Crippen molar-refractivity contribution in [2.45, 2.75) is 13.3 Å². The standard InChI is InChI=1S/C21H23N3O6/c1-3-8-28-16-6-4-14(9-18(16)27-2)11-23-24-20(25)12-22-21(26)15-5-7-17-19(10-15)30-13-29-17/h4-7,9-11H,3,8,12-13H2,1-2H3,(H,22,26)(H,24,25). The second-order valence-electron chi connectivity index (χ2n) is 6.30. The van der Waals surface area contributed by atoms with E-state index in [1.54, 1.807) is 43.5 Å². The summed E-state index contributed by atoms with van der Waals surface area (Å²) in [6.07, 6.45) is 2.37. The van der Waals surface area contributed by atoms with Gasteiger partial charge in [0, 0.05) is 5.56 Å². The van der Waals surface area contributed by atoms with E-state index in [1.807, 2.05) is 6.92 Å². The summed E-state index contributed by atoms with van der Waals surface area (Å²) < 4.78 is 21.3. The van der Waals surface area contributed by atoms with Gasteiger partial charge >= 0.3 is 0 Å². The Morgan fingerprint density at radius 2 is 1.97 bits per heavy atom. The van der Waals surface area contributed by atoms with Gasteiger partial charge in [-0.1, -0.05) is 6.92 Å². The van der Waals surface area contributed by atoms with Gasteiger partial charge in [-0.3, -0.25) is 9.59 Å². The van der Waals surface area contributed by atoms with E-state index in [1.165, 1.54) is 6.21 Å². The van der Waals surface area contributed by atoms with Crippen molar-refractivity contribution in [1.82, 2.24) is 10.7 Å². The number of methoxy groups -OCH3 is 1. The maximum atomic E-state index is 12.2. The molecule has 0 unspecified atom stereocenters. The SMILES string of the molecule is CCCOc1ccc(C=NNC(=O)CNC(=O)c2ccc3c(c2)OCO3)cc1OC. The number of hydrogen-bond acceptors (Lipinski definition) is 7. The Morgan fingerprint density at radius 3 is 2.77 bits per heavy atom. The third-order valence-electron chi connectivity index (χ3n) is 4.10. The largest absolute Gasteiger partial charge is 0.493 e. The molecule has 2 aromatic carbocycles. The van der Waals surface area contributed by atoms with Crippen LogP contribution in [-0.4, -0.2) is 45.1 Å². The number of hydrazone groups is 1. The van der Waals surface area contributed by atoms with Gasteiger partial charge in [0.2, 0.25) is 6.79 Å². The van der Waals surface area contributed by atoms with Crippen molar-refractivity contribution in [3.8, 4) is 23.0 Å². The third-order valence-corrected chi connectivity index (χ3v) is 4.10. The van der Waals surface area contributed by atoms with E-state index >= 15 is 0 Å².